The van der Waals surface area contributed by atoms with E-state index < -0.39 is 6.03 Å². The summed E-state index contributed by atoms with van der Waals surface area (Å²) in [5, 5.41) is 2.59. The highest BCUT2D eigenvalue weighted by Gasteiger charge is 2.06. The molecule has 2 aromatic rings. The van der Waals surface area contributed by atoms with E-state index in [0.29, 0.717) is 23.8 Å². The number of carbonyl (C=O) groups excluding carboxylic acids is 2. The van der Waals surface area contributed by atoms with Crippen molar-refractivity contribution in [3.8, 4) is 5.75 Å². The van der Waals surface area contributed by atoms with Crippen molar-refractivity contribution in [2.75, 3.05) is 17.7 Å². The van der Waals surface area contributed by atoms with Crippen molar-refractivity contribution >= 4 is 29.4 Å². The number of ether oxygens (including phenoxy) is 1. The first-order valence-electron chi connectivity index (χ1n) is 7.97. The zero-order valence-electron chi connectivity index (χ0n) is 14.3. The number of hydrogen-bond donors (Lipinski definition) is 3. The van der Waals surface area contributed by atoms with E-state index in [-0.39, 0.29) is 17.5 Å². The molecule has 0 radical (unpaired) electrons. The van der Waals surface area contributed by atoms with Gasteiger partial charge in [0.1, 0.15) is 11.6 Å². The fourth-order valence-corrected chi connectivity index (χ4v) is 2.76. The van der Waals surface area contributed by atoms with Crippen molar-refractivity contribution in [3.63, 3.8) is 0 Å². The van der Waals surface area contributed by atoms with Crippen molar-refractivity contribution in [2.45, 2.75) is 12.7 Å². The van der Waals surface area contributed by atoms with Crippen LogP contribution < -0.4 is 20.9 Å². The van der Waals surface area contributed by atoms with Crippen molar-refractivity contribution < 1.29 is 18.7 Å². The standard InChI is InChI=1S/C18H20FN3O3S/c1-2-25-16-9-7-15(8-10-16)20-18(24)22-21-17(23)12-26-11-13-3-5-14(19)6-4-13/h3-10H,2,11-12H2,1H3,(H,21,23)(H2,20,22,24). The Labute approximate surface area is 155 Å². The van der Waals surface area contributed by atoms with Crippen LogP contribution in [-0.4, -0.2) is 24.3 Å². The maximum Gasteiger partial charge on any atom is 0.337 e. The Kier molecular flexibility index (Phi) is 7.75. The molecule has 0 heterocycles. The summed E-state index contributed by atoms with van der Waals surface area (Å²) in [6.45, 7) is 2.46. The van der Waals surface area contributed by atoms with Gasteiger partial charge in [0.2, 0.25) is 5.91 Å². The number of rotatable bonds is 7. The smallest absolute Gasteiger partial charge is 0.337 e. The molecule has 3 amide bonds. The highest BCUT2D eigenvalue weighted by Crippen LogP contribution is 2.15. The Hall–Kier alpha value is -2.74. The van der Waals surface area contributed by atoms with Gasteiger partial charge in [-0.3, -0.25) is 10.2 Å². The molecule has 8 heteroatoms. The first-order valence-corrected chi connectivity index (χ1v) is 9.13. The summed E-state index contributed by atoms with van der Waals surface area (Å²) < 4.78 is 18.1. The minimum atomic E-state index is -0.550. The minimum Gasteiger partial charge on any atom is -0.494 e. The van der Waals surface area contributed by atoms with Crippen LogP contribution in [0.1, 0.15) is 12.5 Å². The molecule has 0 spiro atoms. The van der Waals surface area contributed by atoms with Crippen LogP contribution in [0.5, 0.6) is 5.75 Å². The fourth-order valence-electron chi connectivity index (χ4n) is 1.97. The molecule has 0 aliphatic carbocycles. The number of anilines is 1. The number of benzene rings is 2. The van der Waals surface area contributed by atoms with E-state index in [1.807, 2.05) is 6.92 Å². The molecule has 26 heavy (non-hydrogen) atoms. The molecule has 2 aromatic carbocycles. The van der Waals surface area contributed by atoms with Gasteiger partial charge in [-0.15, -0.1) is 11.8 Å². The first-order chi connectivity index (χ1) is 12.6. The van der Waals surface area contributed by atoms with E-state index in [9.17, 15) is 14.0 Å². The number of nitrogens with one attached hydrogen (secondary N) is 3. The van der Waals surface area contributed by atoms with Crippen molar-refractivity contribution in [1.29, 1.82) is 0 Å². The molecule has 0 aliphatic heterocycles. The highest BCUT2D eigenvalue weighted by atomic mass is 32.2. The molecule has 0 aliphatic rings. The number of thioether (sulfide) groups is 1. The largest absolute Gasteiger partial charge is 0.494 e. The van der Waals surface area contributed by atoms with Gasteiger partial charge in [-0.25, -0.2) is 14.6 Å². The third-order valence-electron chi connectivity index (χ3n) is 3.15. The van der Waals surface area contributed by atoms with Crippen LogP contribution in [-0.2, 0) is 10.5 Å². The van der Waals surface area contributed by atoms with Crippen molar-refractivity contribution in [2.24, 2.45) is 0 Å². The van der Waals surface area contributed by atoms with Crippen LogP contribution in [0.25, 0.3) is 0 Å². The van der Waals surface area contributed by atoms with Crippen LogP contribution in [0, 0.1) is 5.82 Å². The summed E-state index contributed by atoms with van der Waals surface area (Å²) in [6.07, 6.45) is 0. The predicted molar refractivity (Wildman–Crippen MR) is 100 cm³/mol. The Balaban J connectivity index is 1.64. The van der Waals surface area contributed by atoms with Gasteiger partial charge in [0.25, 0.3) is 0 Å². The van der Waals surface area contributed by atoms with Crippen LogP contribution in [0.15, 0.2) is 48.5 Å². The third kappa shape index (κ3) is 7.02. The van der Waals surface area contributed by atoms with Crippen LogP contribution in [0.3, 0.4) is 0 Å². The summed E-state index contributed by atoms with van der Waals surface area (Å²) >= 11 is 1.36. The number of carbonyl (C=O) groups is 2. The number of halogens is 1. The summed E-state index contributed by atoms with van der Waals surface area (Å²) in [5.74, 6) is 0.829. The van der Waals surface area contributed by atoms with Crippen LogP contribution in [0.4, 0.5) is 14.9 Å². The lowest BCUT2D eigenvalue weighted by molar-refractivity contribution is -0.119. The second kappa shape index (κ2) is 10.3. The molecule has 0 saturated carbocycles. The summed E-state index contributed by atoms with van der Waals surface area (Å²) in [5.41, 5.74) is 6.10. The van der Waals surface area contributed by atoms with E-state index in [4.69, 9.17) is 4.74 Å². The van der Waals surface area contributed by atoms with Gasteiger partial charge < -0.3 is 10.1 Å². The number of hydrogen-bond acceptors (Lipinski definition) is 4. The van der Waals surface area contributed by atoms with E-state index in [1.54, 1.807) is 36.4 Å². The van der Waals surface area contributed by atoms with Crippen molar-refractivity contribution in [1.82, 2.24) is 10.9 Å². The molecule has 0 fully saturated rings. The van der Waals surface area contributed by atoms with E-state index >= 15 is 0 Å². The predicted octanol–water partition coefficient (Wildman–Crippen LogP) is 3.31. The second-order valence-corrected chi connectivity index (χ2v) is 6.19. The van der Waals surface area contributed by atoms with Gasteiger partial charge in [-0.1, -0.05) is 12.1 Å². The number of urea groups is 1. The lowest BCUT2D eigenvalue weighted by Crippen LogP contribution is -2.44. The van der Waals surface area contributed by atoms with E-state index in [0.717, 1.165) is 5.56 Å². The summed E-state index contributed by atoms with van der Waals surface area (Å²) in [6, 6.07) is 12.4. The molecular weight excluding hydrogens is 357 g/mol. The average molecular weight is 377 g/mol. The first kappa shape index (κ1) is 19.6. The van der Waals surface area contributed by atoms with Crippen LogP contribution >= 0.6 is 11.8 Å². The van der Waals surface area contributed by atoms with Gasteiger partial charge >= 0.3 is 6.03 Å². The molecule has 0 atom stereocenters. The van der Waals surface area contributed by atoms with Gasteiger partial charge in [0.15, 0.2) is 0 Å². The zero-order valence-corrected chi connectivity index (χ0v) is 15.1. The molecule has 0 unspecified atom stereocenters. The van der Waals surface area contributed by atoms with Gasteiger partial charge in [0, 0.05) is 11.4 Å². The quantitative estimate of drug-likeness (QED) is 0.647. The Morgan fingerprint density at radius 1 is 1.04 bits per heavy atom. The highest BCUT2D eigenvalue weighted by molar-refractivity contribution is 7.99. The lowest BCUT2D eigenvalue weighted by Gasteiger charge is -2.09. The normalized spacial score (nSPS) is 10.1. The molecule has 0 aromatic heterocycles. The van der Waals surface area contributed by atoms with Crippen molar-refractivity contribution in [3.05, 3.63) is 59.9 Å². The molecule has 3 N–H and O–H groups in total. The summed E-state index contributed by atoms with van der Waals surface area (Å²) in [7, 11) is 0. The van der Waals surface area contributed by atoms with Gasteiger partial charge in [-0.05, 0) is 48.9 Å². The number of amides is 3. The third-order valence-corrected chi connectivity index (χ3v) is 4.16. The second-order valence-electron chi connectivity index (χ2n) is 5.20. The zero-order chi connectivity index (χ0) is 18.8. The number of hydrazine groups is 1. The SMILES string of the molecule is CCOc1ccc(NC(=O)NNC(=O)CSCc2ccc(F)cc2)cc1. The Morgan fingerprint density at radius 2 is 1.73 bits per heavy atom. The van der Waals surface area contributed by atoms with Gasteiger partial charge in [0.05, 0.1) is 12.4 Å². The maximum atomic E-state index is 12.8. The Morgan fingerprint density at radius 3 is 2.38 bits per heavy atom. The van der Waals surface area contributed by atoms with E-state index in [1.165, 1.54) is 23.9 Å². The van der Waals surface area contributed by atoms with Gasteiger partial charge in [-0.2, -0.15) is 0 Å². The molecule has 6 nitrogen and oxygen atoms in total. The summed E-state index contributed by atoms with van der Waals surface area (Å²) in [4.78, 5) is 23.5. The molecule has 0 saturated heterocycles. The monoisotopic (exact) mass is 377 g/mol. The van der Waals surface area contributed by atoms with Crippen LogP contribution in [0.2, 0.25) is 0 Å². The molecule has 2 rings (SSSR count). The topological polar surface area (TPSA) is 79.5 Å². The fraction of sp³-hybridized carbons (Fsp3) is 0.222. The molecule has 0 bridgehead atoms. The lowest BCUT2D eigenvalue weighted by atomic mass is 10.2. The molecule has 138 valence electrons. The average Bonchev–Trinajstić information content (AvgIpc) is 2.63. The molecular formula is C18H20FN3O3S. The minimum absolute atomic E-state index is 0.167. The maximum absolute atomic E-state index is 12.8. The Bertz CT molecular complexity index is 723. The van der Waals surface area contributed by atoms with E-state index in [2.05, 4.69) is 16.2 Å².